The molecule has 0 aromatic heterocycles. The lowest BCUT2D eigenvalue weighted by Gasteiger charge is -2.28. The van der Waals surface area contributed by atoms with Gasteiger partial charge in [-0.25, -0.2) is 0 Å². The highest BCUT2D eigenvalue weighted by atomic mass is 14.9. The van der Waals surface area contributed by atoms with Crippen molar-refractivity contribution in [2.45, 2.75) is 54.0 Å². The first-order chi connectivity index (χ1) is 8.33. The first kappa shape index (κ1) is 15.2. The monoisotopic (exact) mass is 247 g/mol. The summed E-state index contributed by atoms with van der Waals surface area (Å²) in [6.45, 7) is 14.6. The Morgan fingerprint density at radius 1 is 1.06 bits per heavy atom. The molecule has 1 N–H and O–H groups in total. The minimum absolute atomic E-state index is 0.330. The van der Waals surface area contributed by atoms with E-state index in [0.717, 1.165) is 13.0 Å². The lowest BCUT2D eigenvalue weighted by atomic mass is 9.91. The zero-order chi connectivity index (χ0) is 13.8. The van der Waals surface area contributed by atoms with Gasteiger partial charge >= 0.3 is 0 Å². The molecule has 1 unspecified atom stereocenters. The molecular formula is C17H29N. The van der Waals surface area contributed by atoms with Crippen molar-refractivity contribution in [1.82, 2.24) is 5.32 Å². The van der Waals surface area contributed by atoms with E-state index in [1.165, 1.54) is 11.1 Å². The van der Waals surface area contributed by atoms with Gasteiger partial charge in [-0.2, -0.15) is 0 Å². The largest absolute Gasteiger partial charge is 0.309 e. The first-order valence-electron chi connectivity index (χ1n) is 7.15. The summed E-state index contributed by atoms with van der Waals surface area (Å²) in [6.07, 6.45) is 1.11. The highest BCUT2D eigenvalue weighted by Crippen LogP contribution is 2.24. The van der Waals surface area contributed by atoms with Crippen LogP contribution in [0.5, 0.6) is 0 Å². The number of benzene rings is 1. The third-order valence-electron chi connectivity index (χ3n) is 3.27. The van der Waals surface area contributed by atoms with Crippen LogP contribution in [-0.4, -0.2) is 6.54 Å². The fourth-order valence-corrected chi connectivity index (χ4v) is 2.12. The number of rotatable bonds is 5. The SMILES string of the molecule is CCc1ccc(C(NCC(C)(C)C)C(C)C)cc1. The molecule has 0 aliphatic rings. The van der Waals surface area contributed by atoms with Crippen LogP contribution >= 0.6 is 0 Å². The van der Waals surface area contributed by atoms with Gasteiger partial charge in [-0.05, 0) is 28.9 Å². The zero-order valence-corrected chi connectivity index (χ0v) is 12.9. The summed E-state index contributed by atoms with van der Waals surface area (Å²) < 4.78 is 0. The average molecular weight is 247 g/mol. The van der Waals surface area contributed by atoms with Gasteiger partial charge in [-0.1, -0.05) is 65.8 Å². The summed E-state index contributed by atoms with van der Waals surface area (Å²) >= 11 is 0. The van der Waals surface area contributed by atoms with E-state index in [-0.39, 0.29) is 0 Å². The van der Waals surface area contributed by atoms with E-state index in [0.29, 0.717) is 17.4 Å². The van der Waals surface area contributed by atoms with Crippen molar-refractivity contribution < 1.29 is 0 Å². The summed E-state index contributed by atoms with van der Waals surface area (Å²) in [4.78, 5) is 0. The molecule has 1 heteroatoms. The van der Waals surface area contributed by atoms with Crippen LogP contribution in [0.15, 0.2) is 24.3 Å². The smallest absolute Gasteiger partial charge is 0.0343 e. The Morgan fingerprint density at radius 2 is 1.61 bits per heavy atom. The lowest BCUT2D eigenvalue weighted by Crippen LogP contribution is -2.33. The van der Waals surface area contributed by atoms with E-state index >= 15 is 0 Å². The summed E-state index contributed by atoms with van der Waals surface area (Å²) in [6, 6.07) is 9.51. The van der Waals surface area contributed by atoms with Gasteiger partial charge in [-0.15, -0.1) is 0 Å². The van der Waals surface area contributed by atoms with Crippen LogP contribution in [0.25, 0.3) is 0 Å². The Balaban J connectivity index is 2.77. The van der Waals surface area contributed by atoms with Crippen molar-refractivity contribution >= 4 is 0 Å². The van der Waals surface area contributed by atoms with Gasteiger partial charge < -0.3 is 5.32 Å². The van der Waals surface area contributed by atoms with Gasteiger partial charge in [0.15, 0.2) is 0 Å². The van der Waals surface area contributed by atoms with Gasteiger partial charge in [-0.3, -0.25) is 0 Å². The minimum Gasteiger partial charge on any atom is -0.309 e. The summed E-state index contributed by atoms with van der Waals surface area (Å²) in [5, 5.41) is 3.71. The molecule has 0 aliphatic carbocycles. The van der Waals surface area contributed by atoms with Crippen molar-refractivity contribution in [3.8, 4) is 0 Å². The molecule has 0 saturated carbocycles. The highest BCUT2D eigenvalue weighted by molar-refractivity contribution is 5.25. The fourth-order valence-electron chi connectivity index (χ4n) is 2.12. The van der Waals surface area contributed by atoms with Crippen molar-refractivity contribution in [1.29, 1.82) is 0 Å². The predicted molar refractivity (Wildman–Crippen MR) is 80.9 cm³/mol. The van der Waals surface area contributed by atoms with Crippen molar-refractivity contribution in [3.63, 3.8) is 0 Å². The van der Waals surface area contributed by atoms with E-state index in [1.54, 1.807) is 0 Å². The summed E-state index contributed by atoms with van der Waals surface area (Å²) in [5.41, 5.74) is 3.15. The number of nitrogens with one attached hydrogen (secondary N) is 1. The maximum atomic E-state index is 3.71. The van der Waals surface area contributed by atoms with Gasteiger partial charge in [0.05, 0.1) is 0 Å². The molecular weight excluding hydrogens is 218 g/mol. The molecule has 0 fully saturated rings. The fraction of sp³-hybridized carbons (Fsp3) is 0.647. The zero-order valence-electron chi connectivity index (χ0n) is 12.9. The molecule has 0 amide bonds. The number of hydrogen-bond acceptors (Lipinski definition) is 1. The van der Waals surface area contributed by atoms with Crippen LogP contribution in [0.1, 0.15) is 58.7 Å². The second kappa shape index (κ2) is 6.38. The predicted octanol–water partition coefficient (Wildman–Crippen LogP) is 4.58. The third kappa shape index (κ3) is 4.81. The quantitative estimate of drug-likeness (QED) is 0.803. The molecule has 1 nitrogen and oxygen atoms in total. The van der Waals surface area contributed by atoms with Gasteiger partial charge in [0.2, 0.25) is 0 Å². The van der Waals surface area contributed by atoms with Crippen LogP contribution in [0.2, 0.25) is 0 Å². The molecule has 0 aliphatic heterocycles. The Labute approximate surface area is 113 Å². The molecule has 0 spiro atoms. The molecule has 0 saturated heterocycles. The van der Waals surface area contributed by atoms with E-state index in [2.05, 4.69) is 71.1 Å². The normalized spacial score (nSPS) is 13.9. The van der Waals surface area contributed by atoms with Crippen LogP contribution < -0.4 is 5.32 Å². The van der Waals surface area contributed by atoms with Gasteiger partial charge in [0.1, 0.15) is 0 Å². The van der Waals surface area contributed by atoms with Gasteiger partial charge in [0.25, 0.3) is 0 Å². The van der Waals surface area contributed by atoms with Gasteiger partial charge in [0, 0.05) is 12.6 Å². The number of hydrogen-bond donors (Lipinski definition) is 1. The summed E-state index contributed by atoms with van der Waals surface area (Å²) in [5.74, 6) is 0.611. The number of aryl methyl sites for hydroxylation is 1. The Hall–Kier alpha value is -0.820. The first-order valence-corrected chi connectivity index (χ1v) is 7.15. The minimum atomic E-state index is 0.330. The second-order valence-electron chi connectivity index (χ2n) is 6.76. The maximum absolute atomic E-state index is 3.71. The Kier molecular flexibility index (Phi) is 5.40. The average Bonchev–Trinajstić information content (AvgIpc) is 2.28. The molecule has 0 radical (unpaired) electrons. The molecule has 1 aromatic carbocycles. The molecule has 18 heavy (non-hydrogen) atoms. The Morgan fingerprint density at radius 3 is 2.00 bits per heavy atom. The second-order valence-corrected chi connectivity index (χ2v) is 6.76. The molecule has 0 heterocycles. The molecule has 102 valence electrons. The maximum Gasteiger partial charge on any atom is 0.0343 e. The molecule has 1 rings (SSSR count). The van der Waals surface area contributed by atoms with Crippen molar-refractivity contribution in [2.24, 2.45) is 11.3 Å². The standard InChI is InChI=1S/C17H29N/c1-7-14-8-10-15(11-9-14)16(13(2)3)18-12-17(4,5)6/h8-11,13,16,18H,7,12H2,1-6H3. The van der Waals surface area contributed by atoms with E-state index in [9.17, 15) is 0 Å². The van der Waals surface area contributed by atoms with Crippen molar-refractivity contribution in [2.75, 3.05) is 6.54 Å². The van der Waals surface area contributed by atoms with Crippen LogP contribution in [0, 0.1) is 11.3 Å². The van der Waals surface area contributed by atoms with Crippen LogP contribution in [0.4, 0.5) is 0 Å². The Bertz CT molecular complexity index is 343. The highest BCUT2D eigenvalue weighted by Gasteiger charge is 2.18. The topological polar surface area (TPSA) is 12.0 Å². The molecule has 0 bridgehead atoms. The van der Waals surface area contributed by atoms with Crippen molar-refractivity contribution in [3.05, 3.63) is 35.4 Å². The summed E-state index contributed by atoms with van der Waals surface area (Å²) in [7, 11) is 0. The molecule has 1 aromatic rings. The third-order valence-corrected chi connectivity index (χ3v) is 3.27. The lowest BCUT2D eigenvalue weighted by molar-refractivity contribution is 0.318. The van der Waals surface area contributed by atoms with E-state index < -0.39 is 0 Å². The van der Waals surface area contributed by atoms with Crippen LogP contribution in [0.3, 0.4) is 0 Å². The molecule has 1 atom stereocenters. The van der Waals surface area contributed by atoms with E-state index in [4.69, 9.17) is 0 Å². The van der Waals surface area contributed by atoms with Crippen LogP contribution in [-0.2, 0) is 6.42 Å². The van der Waals surface area contributed by atoms with E-state index in [1.807, 2.05) is 0 Å².